The van der Waals surface area contributed by atoms with Gasteiger partial charge in [-0.3, -0.25) is 14.2 Å². The average molecular weight is 472 g/mol. The first-order valence-electron chi connectivity index (χ1n) is 11.1. The minimum atomic E-state index is -0.0855. The number of benzene rings is 1. The summed E-state index contributed by atoms with van der Waals surface area (Å²) < 4.78 is 2.29. The molecule has 1 aromatic carbocycles. The van der Waals surface area contributed by atoms with Crippen LogP contribution in [0, 0.1) is 5.92 Å². The smallest absolute Gasteiger partial charge is 0.273 e. The van der Waals surface area contributed by atoms with Crippen molar-refractivity contribution in [2.75, 3.05) is 23.7 Å². The topological polar surface area (TPSA) is 80.1 Å². The number of carbonyl (C=O) groups excluding carboxylic acids is 1. The zero-order chi connectivity index (χ0) is 22.5. The van der Waals surface area contributed by atoms with Crippen molar-refractivity contribution in [2.45, 2.75) is 51.4 Å². The molecule has 1 saturated heterocycles. The quantitative estimate of drug-likeness (QED) is 0.396. The van der Waals surface area contributed by atoms with E-state index in [-0.39, 0.29) is 17.2 Å². The number of hydrogen-bond acceptors (Lipinski definition) is 7. The van der Waals surface area contributed by atoms with Crippen LogP contribution in [0.2, 0.25) is 0 Å². The summed E-state index contributed by atoms with van der Waals surface area (Å²) in [5.74, 6) is 0.851. The number of anilines is 1. The van der Waals surface area contributed by atoms with Gasteiger partial charge >= 0.3 is 0 Å². The van der Waals surface area contributed by atoms with Crippen LogP contribution in [0.4, 0.5) is 5.13 Å². The van der Waals surface area contributed by atoms with Gasteiger partial charge in [0.1, 0.15) is 4.70 Å². The molecule has 170 valence electrons. The zero-order valence-corrected chi connectivity index (χ0v) is 20.2. The SMILES string of the molecule is CCCn1c(SCC(=O)NCc2ccccc2)nc2nc(N3CCC(C)CC3)sc2c1=O. The van der Waals surface area contributed by atoms with E-state index in [1.807, 2.05) is 37.3 Å². The molecular weight excluding hydrogens is 442 g/mol. The van der Waals surface area contributed by atoms with Gasteiger partial charge in [-0.05, 0) is 30.7 Å². The van der Waals surface area contributed by atoms with Gasteiger partial charge in [-0.1, -0.05) is 67.3 Å². The molecule has 0 unspecified atom stereocenters. The maximum Gasteiger partial charge on any atom is 0.273 e. The fourth-order valence-electron chi connectivity index (χ4n) is 3.72. The average Bonchev–Trinajstić information content (AvgIpc) is 3.24. The van der Waals surface area contributed by atoms with Crippen molar-refractivity contribution in [2.24, 2.45) is 5.92 Å². The lowest BCUT2D eigenvalue weighted by Gasteiger charge is -2.29. The molecule has 0 saturated carbocycles. The summed E-state index contributed by atoms with van der Waals surface area (Å²) in [4.78, 5) is 37.2. The number of aromatic nitrogens is 3. The standard InChI is InChI=1S/C23H29N5O2S2/c1-3-11-28-21(30)19-20(25-22(32-19)27-12-9-16(2)10-13-27)26-23(28)31-15-18(29)24-14-17-7-5-4-6-8-17/h4-8,16H,3,9-15H2,1-2H3,(H,24,29). The Morgan fingerprint density at radius 1 is 1.22 bits per heavy atom. The van der Waals surface area contributed by atoms with Crippen LogP contribution in [0.15, 0.2) is 40.3 Å². The maximum absolute atomic E-state index is 13.2. The molecular formula is C23H29N5O2S2. The largest absolute Gasteiger partial charge is 0.351 e. The fourth-order valence-corrected chi connectivity index (χ4v) is 5.57. The van der Waals surface area contributed by atoms with E-state index in [2.05, 4.69) is 17.1 Å². The number of carbonyl (C=O) groups is 1. The van der Waals surface area contributed by atoms with Crippen molar-refractivity contribution in [3.05, 3.63) is 46.2 Å². The van der Waals surface area contributed by atoms with E-state index in [9.17, 15) is 9.59 Å². The number of nitrogens with one attached hydrogen (secondary N) is 1. The zero-order valence-electron chi connectivity index (χ0n) is 18.5. The van der Waals surface area contributed by atoms with Crippen molar-refractivity contribution in [3.63, 3.8) is 0 Å². The summed E-state index contributed by atoms with van der Waals surface area (Å²) in [5, 5.41) is 4.36. The first-order valence-corrected chi connectivity index (χ1v) is 12.9. The molecule has 0 radical (unpaired) electrons. The summed E-state index contributed by atoms with van der Waals surface area (Å²) in [6.45, 7) is 7.30. The second-order valence-corrected chi connectivity index (χ2v) is 10.1. The number of thiazole rings is 1. The number of nitrogens with zero attached hydrogens (tertiary/aromatic N) is 4. The normalized spacial score (nSPS) is 14.8. The third kappa shape index (κ3) is 5.32. The lowest BCUT2D eigenvalue weighted by molar-refractivity contribution is -0.118. The van der Waals surface area contributed by atoms with Crippen molar-refractivity contribution < 1.29 is 4.79 Å². The molecule has 9 heteroatoms. The Hall–Kier alpha value is -2.39. The summed E-state index contributed by atoms with van der Waals surface area (Å²) >= 11 is 2.74. The van der Waals surface area contributed by atoms with Crippen LogP contribution in [-0.2, 0) is 17.9 Å². The van der Waals surface area contributed by atoms with E-state index >= 15 is 0 Å². The number of piperidine rings is 1. The van der Waals surface area contributed by atoms with Crippen molar-refractivity contribution in [3.8, 4) is 0 Å². The van der Waals surface area contributed by atoms with E-state index in [1.54, 1.807) is 4.57 Å². The maximum atomic E-state index is 13.2. The molecule has 0 atom stereocenters. The Bertz CT molecular complexity index is 1120. The molecule has 0 bridgehead atoms. The Morgan fingerprint density at radius 3 is 2.69 bits per heavy atom. The second kappa shape index (κ2) is 10.5. The minimum absolute atomic E-state index is 0.0572. The molecule has 32 heavy (non-hydrogen) atoms. The van der Waals surface area contributed by atoms with Crippen LogP contribution in [0.25, 0.3) is 10.3 Å². The van der Waals surface area contributed by atoms with E-state index < -0.39 is 0 Å². The first-order chi connectivity index (χ1) is 15.5. The van der Waals surface area contributed by atoms with Gasteiger partial charge in [-0.25, -0.2) is 4.98 Å². The van der Waals surface area contributed by atoms with Gasteiger partial charge in [-0.2, -0.15) is 4.98 Å². The number of rotatable bonds is 8. The second-order valence-electron chi connectivity index (χ2n) is 8.22. The van der Waals surface area contributed by atoms with Crippen molar-refractivity contribution in [1.82, 2.24) is 19.9 Å². The van der Waals surface area contributed by atoms with Crippen molar-refractivity contribution >= 4 is 44.5 Å². The van der Waals surface area contributed by atoms with Crippen LogP contribution >= 0.6 is 23.1 Å². The Morgan fingerprint density at radius 2 is 1.97 bits per heavy atom. The summed E-state index contributed by atoms with van der Waals surface area (Å²) in [5.41, 5.74) is 1.49. The number of hydrogen-bond donors (Lipinski definition) is 1. The van der Waals surface area contributed by atoms with Crippen molar-refractivity contribution in [1.29, 1.82) is 0 Å². The number of thioether (sulfide) groups is 1. The van der Waals surface area contributed by atoms with E-state index in [0.717, 1.165) is 49.0 Å². The molecule has 0 spiro atoms. The molecule has 1 fully saturated rings. The molecule has 4 rings (SSSR count). The van der Waals surface area contributed by atoms with E-state index in [1.165, 1.54) is 23.1 Å². The highest BCUT2D eigenvalue weighted by atomic mass is 32.2. The molecule has 1 aliphatic rings. The molecule has 1 aliphatic heterocycles. The predicted molar refractivity (Wildman–Crippen MR) is 132 cm³/mol. The van der Waals surface area contributed by atoms with Gasteiger partial charge in [-0.15, -0.1) is 0 Å². The van der Waals surface area contributed by atoms with Gasteiger partial charge in [0.25, 0.3) is 5.56 Å². The van der Waals surface area contributed by atoms with E-state index in [4.69, 9.17) is 9.97 Å². The Balaban J connectivity index is 1.50. The lowest BCUT2D eigenvalue weighted by atomic mass is 10.00. The van der Waals surface area contributed by atoms with Gasteiger partial charge in [0.05, 0.1) is 5.75 Å². The third-order valence-corrected chi connectivity index (χ3v) is 7.71. The fraction of sp³-hybridized carbons (Fsp3) is 0.478. The predicted octanol–water partition coefficient (Wildman–Crippen LogP) is 3.91. The van der Waals surface area contributed by atoms with Gasteiger partial charge in [0.2, 0.25) is 5.91 Å². The highest BCUT2D eigenvalue weighted by Crippen LogP contribution is 2.30. The van der Waals surface area contributed by atoms with Crippen LogP contribution < -0.4 is 15.8 Å². The number of fused-ring (bicyclic) bond motifs is 1. The van der Waals surface area contributed by atoms with Gasteiger partial charge in [0, 0.05) is 26.2 Å². The number of amides is 1. The van der Waals surface area contributed by atoms with Crippen LogP contribution in [0.5, 0.6) is 0 Å². The molecule has 3 aromatic rings. The Kier molecular flexibility index (Phi) is 7.47. The minimum Gasteiger partial charge on any atom is -0.351 e. The molecule has 3 heterocycles. The highest BCUT2D eigenvalue weighted by molar-refractivity contribution is 7.99. The lowest BCUT2D eigenvalue weighted by Crippen LogP contribution is -2.32. The van der Waals surface area contributed by atoms with Gasteiger partial charge in [0.15, 0.2) is 15.9 Å². The first kappa shape index (κ1) is 22.8. The summed E-state index contributed by atoms with van der Waals surface area (Å²) in [6, 6.07) is 9.80. The third-order valence-electron chi connectivity index (χ3n) is 5.64. The monoisotopic (exact) mass is 471 g/mol. The molecule has 2 aromatic heterocycles. The molecule has 1 amide bonds. The molecule has 0 aliphatic carbocycles. The van der Waals surface area contributed by atoms with Gasteiger partial charge < -0.3 is 10.2 Å². The van der Waals surface area contributed by atoms with E-state index in [0.29, 0.717) is 28.6 Å². The summed E-state index contributed by atoms with van der Waals surface area (Å²) in [6.07, 6.45) is 3.10. The van der Waals surface area contributed by atoms with Crippen LogP contribution in [0.1, 0.15) is 38.7 Å². The molecule has 7 nitrogen and oxygen atoms in total. The summed E-state index contributed by atoms with van der Waals surface area (Å²) in [7, 11) is 0. The Labute approximate surface area is 196 Å². The highest BCUT2D eigenvalue weighted by Gasteiger charge is 2.22. The van der Waals surface area contributed by atoms with Crippen LogP contribution in [-0.4, -0.2) is 39.3 Å². The molecule has 1 N–H and O–H groups in total. The van der Waals surface area contributed by atoms with Crippen LogP contribution in [0.3, 0.4) is 0 Å².